The van der Waals surface area contributed by atoms with Gasteiger partial charge < -0.3 is 15.8 Å². The maximum Gasteiger partial charge on any atom is 0.330 e. The quantitative estimate of drug-likeness (QED) is 0.415. The van der Waals surface area contributed by atoms with Gasteiger partial charge in [-0.2, -0.15) is 4.98 Å². The monoisotopic (exact) mass is 448 g/mol. The van der Waals surface area contributed by atoms with Crippen LogP contribution in [0.25, 0.3) is 0 Å². The van der Waals surface area contributed by atoms with Crippen LogP contribution < -0.4 is 25.6 Å². The van der Waals surface area contributed by atoms with E-state index in [9.17, 15) is 4.79 Å². The molecule has 32 heavy (non-hydrogen) atoms. The van der Waals surface area contributed by atoms with Crippen LogP contribution in [0.2, 0.25) is 5.02 Å². The summed E-state index contributed by atoms with van der Waals surface area (Å²) >= 11 is 6.47. The van der Waals surface area contributed by atoms with Gasteiger partial charge in [0.1, 0.15) is 18.2 Å². The molecule has 0 atom stereocenters. The Balaban J connectivity index is 1.58. The fraction of sp³-hybridized carbons (Fsp3) is 0.174. The number of amides is 2. The van der Waals surface area contributed by atoms with E-state index >= 15 is 0 Å². The van der Waals surface area contributed by atoms with Crippen molar-refractivity contribution >= 4 is 46.5 Å². The number of para-hydroxylation sites is 1. The highest BCUT2D eigenvalue weighted by molar-refractivity contribution is 6.34. The first-order valence-electron chi connectivity index (χ1n) is 10.2. The van der Waals surface area contributed by atoms with Gasteiger partial charge in [0.25, 0.3) is 0 Å². The summed E-state index contributed by atoms with van der Waals surface area (Å²) in [5.41, 5.74) is 9.72. The van der Waals surface area contributed by atoms with Crippen LogP contribution >= 0.6 is 11.6 Å². The van der Waals surface area contributed by atoms with E-state index in [4.69, 9.17) is 22.1 Å². The molecule has 0 aliphatic carbocycles. The lowest BCUT2D eigenvalue weighted by Crippen LogP contribution is -2.48. The number of rotatable bonds is 1. The van der Waals surface area contributed by atoms with Crippen molar-refractivity contribution in [2.24, 2.45) is 0 Å². The van der Waals surface area contributed by atoms with Crippen molar-refractivity contribution in [2.45, 2.75) is 13.5 Å². The van der Waals surface area contributed by atoms with E-state index in [0.29, 0.717) is 53.6 Å². The van der Waals surface area contributed by atoms with E-state index in [1.807, 2.05) is 37.3 Å². The Bertz CT molecular complexity index is 1220. The molecule has 4 bridgehead atoms. The largest absolute Gasteiger partial charge is 0.487 e. The van der Waals surface area contributed by atoms with Crippen LogP contribution in [0.15, 0.2) is 54.7 Å². The Hall–Kier alpha value is -3.78. The number of carbonyl (C=O) groups excluding carboxylic acids is 1. The number of carbonyl (C=O) groups is 1. The van der Waals surface area contributed by atoms with Crippen molar-refractivity contribution in [3.8, 4) is 5.75 Å². The number of ether oxygens (including phenoxy) is 1. The third-order valence-electron chi connectivity index (χ3n) is 5.41. The molecule has 0 fully saturated rings. The number of aryl methyl sites for hydroxylation is 1. The summed E-state index contributed by atoms with van der Waals surface area (Å²) in [6.07, 6.45) is 5.46. The minimum Gasteiger partial charge on any atom is -0.487 e. The van der Waals surface area contributed by atoms with E-state index in [0.717, 1.165) is 16.8 Å². The normalized spacial score (nSPS) is 16.2. The highest BCUT2D eigenvalue weighted by Gasteiger charge is 2.34. The van der Waals surface area contributed by atoms with Crippen molar-refractivity contribution in [2.75, 3.05) is 34.0 Å². The van der Waals surface area contributed by atoms with Crippen molar-refractivity contribution < 1.29 is 9.53 Å². The van der Waals surface area contributed by atoms with Crippen LogP contribution in [-0.4, -0.2) is 29.2 Å². The summed E-state index contributed by atoms with van der Waals surface area (Å²) in [5, 5.41) is 3.69. The second-order valence-corrected chi connectivity index (χ2v) is 7.99. The van der Waals surface area contributed by atoms with Gasteiger partial charge in [-0.3, -0.25) is 9.80 Å². The molecule has 0 unspecified atom stereocenters. The summed E-state index contributed by atoms with van der Waals surface area (Å²) in [5.74, 6) is 1.50. The van der Waals surface area contributed by atoms with Crippen LogP contribution in [0.5, 0.6) is 5.75 Å². The highest BCUT2D eigenvalue weighted by Crippen LogP contribution is 2.37. The first-order chi connectivity index (χ1) is 15.5. The van der Waals surface area contributed by atoms with Gasteiger partial charge in [-0.1, -0.05) is 29.8 Å². The molecule has 5 rings (SSSR count). The van der Waals surface area contributed by atoms with E-state index in [1.54, 1.807) is 34.2 Å². The molecule has 2 amide bonds. The number of nitrogens with one attached hydrogen (secondary N) is 1. The smallest absolute Gasteiger partial charge is 0.330 e. The minimum absolute atomic E-state index is 0.205. The lowest BCUT2D eigenvalue weighted by Gasteiger charge is -2.36. The molecule has 2 aromatic carbocycles. The number of fused-ring (bicyclic) bond motifs is 3. The summed E-state index contributed by atoms with van der Waals surface area (Å²) < 4.78 is 5.78. The maximum atomic E-state index is 13.6. The number of hydrogen-bond acceptors (Lipinski definition) is 6. The molecule has 2 aliphatic rings. The summed E-state index contributed by atoms with van der Waals surface area (Å²) in [7, 11) is 0. The summed E-state index contributed by atoms with van der Waals surface area (Å²) in [6, 6.07) is 10.8. The van der Waals surface area contributed by atoms with Crippen LogP contribution in [0, 0.1) is 6.92 Å². The summed E-state index contributed by atoms with van der Waals surface area (Å²) in [6.45, 7) is 2.90. The molecule has 0 saturated heterocycles. The van der Waals surface area contributed by atoms with Crippen molar-refractivity contribution in [3.63, 3.8) is 0 Å². The van der Waals surface area contributed by atoms with Gasteiger partial charge in [-0.05, 0) is 36.8 Å². The SMILES string of the molecule is Cc1cccc(Cl)c1N1Cc2cnc3nc2N(C/C=C\COc2cc(ccc2N)N3)C1=O. The molecule has 2 aliphatic heterocycles. The molecule has 162 valence electrons. The number of aromatic nitrogens is 2. The number of nitrogen functional groups attached to an aromatic ring is 1. The Morgan fingerprint density at radius 3 is 2.91 bits per heavy atom. The van der Waals surface area contributed by atoms with E-state index in [-0.39, 0.29) is 6.03 Å². The fourth-order valence-corrected chi connectivity index (χ4v) is 4.16. The predicted molar refractivity (Wildman–Crippen MR) is 126 cm³/mol. The second-order valence-electron chi connectivity index (χ2n) is 7.59. The molecule has 9 heteroatoms. The third kappa shape index (κ3) is 3.58. The molecule has 1 aromatic heterocycles. The highest BCUT2D eigenvalue weighted by atomic mass is 35.5. The Morgan fingerprint density at radius 1 is 1.19 bits per heavy atom. The first kappa shape index (κ1) is 20.1. The average molecular weight is 449 g/mol. The zero-order chi connectivity index (χ0) is 22.2. The number of nitrogens with zero attached hydrogens (tertiary/aromatic N) is 4. The number of anilines is 5. The molecular formula is C23H21ClN6O2. The fourth-order valence-electron chi connectivity index (χ4n) is 3.83. The topological polar surface area (TPSA) is 96.6 Å². The molecule has 3 N–H and O–H groups in total. The van der Waals surface area contributed by atoms with Crippen LogP contribution in [0.3, 0.4) is 0 Å². The van der Waals surface area contributed by atoms with Gasteiger partial charge in [-0.25, -0.2) is 9.78 Å². The van der Waals surface area contributed by atoms with Crippen LogP contribution in [0.4, 0.5) is 33.6 Å². The van der Waals surface area contributed by atoms with Gasteiger partial charge in [0.15, 0.2) is 0 Å². The van der Waals surface area contributed by atoms with Gasteiger partial charge in [0, 0.05) is 30.1 Å². The van der Waals surface area contributed by atoms with Gasteiger partial charge in [0.2, 0.25) is 5.95 Å². The van der Waals surface area contributed by atoms with Gasteiger partial charge in [-0.15, -0.1) is 0 Å². The lowest BCUT2D eigenvalue weighted by molar-refractivity contribution is 0.250. The van der Waals surface area contributed by atoms with E-state index < -0.39 is 0 Å². The average Bonchev–Trinajstić information content (AvgIpc) is 2.78. The van der Waals surface area contributed by atoms with Crippen molar-refractivity contribution in [1.82, 2.24) is 9.97 Å². The minimum atomic E-state index is -0.205. The molecule has 0 radical (unpaired) electrons. The number of nitrogens with two attached hydrogens (primary N) is 1. The van der Waals surface area contributed by atoms with Crippen LogP contribution in [-0.2, 0) is 6.54 Å². The Kier molecular flexibility index (Phi) is 5.07. The Morgan fingerprint density at radius 2 is 2.06 bits per heavy atom. The molecule has 0 spiro atoms. The summed E-state index contributed by atoms with van der Waals surface area (Å²) in [4.78, 5) is 26.0. The zero-order valence-corrected chi connectivity index (χ0v) is 18.1. The molecule has 0 saturated carbocycles. The maximum absolute atomic E-state index is 13.6. The van der Waals surface area contributed by atoms with Crippen LogP contribution in [0.1, 0.15) is 11.1 Å². The number of hydrogen-bond donors (Lipinski definition) is 2. The number of urea groups is 1. The molecule has 3 aromatic rings. The Labute approximate surface area is 190 Å². The van der Waals surface area contributed by atoms with Gasteiger partial charge >= 0.3 is 6.03 Å². The van der Waals surface area contributed by atoms with Gasteiger partial charge in [0.05, 0.1) is 22.9 Å². The van der Waals surface area contributed by atoms with E-state index in [1.165, 1.54) is 0 Å². The first-order valence-corrected chi connectivity index (χ1v) is 10.5. The third-order valence-corrected chi connectivity index (χ3v) is 5.71. The predicted octanol–water partition coefficient (Wildman–Crippen LogP) is 4.66. The zero-order valence-electron chi connectivity index (χ0n) is 17.4. The molecule has 3 heterocycles. The number of halogens is 1. The molecular weight excluding hydrogens is 428 g/mol. The molecule has 8 nitrogen and oxygen atoms in total. The second kappa shape index (κ2) is 8.05. The lowest BCUT2D eigenvalue weighted by atomic mass is 10.1. The number of benzene rings is 2. The standard InChI is InChI=1S/C23H21ClN6O2/c1-14-5-4-6-17(24)20(14)30-13-15-12-26-22-27-16-7-8-18(25)19(11-16)32-10-3-2-9-29(23(30)31)21(15)28-22/h2-8,11-12H,9-10,13,25H2,1H3,(H,26,27,28)/b3-2-. The van der Waals surface area contributed by atoms with E-state index in [2.05, 4.69) is 15.3 Å². The van der Waals surface area contributed by atoms with Crippen molar-refractivity contribution in [1.29, 1.82) is 0 Å². The van der Waals surface area contributed by atoms with Crippen molar-refractivity contribution in [3.05, 3.63) is 70.9 Å².